The molecular weight excluding hydrogens is 298 g/mol. The maximum atomic E-state index is 12.6. The van der Waals surface area contributed by atoms with Crippen molar-refractivity contribution in [1.29, 1.82) is 5.26 Å². The summed E-state index contributed by atoms with van der Waals surface area (Å²) in [4.78, 5) is 17.4. The monoisotopic (exact) mass is 317 g/mol. The summed E-state index contributed by atoms with van der Waals surface area (Å²) in [5.74, 6) is 0.0368. The van der Waals surface area contributed by atoms with Gasteiger partial charge in [0, 0.05) is 11.1 Å². The fraction of sp³-hybridized carbons (Fsp3) is 0.250. The third-order valence-corrected chi connectivity index (χ3v) is 4.43. The number of hydrogen-bond donors (Lipinski definition) is 1. The topological polar surface area (TPSA) is 65.2 Å². The first-order valence-corrected chi connectivity index (χ1v) is 8.12. The van der Waals surface area contributed by atoms with Crippen molar-refractivity contribution in [2.24, 2.45) is 10.9 Å². The van der Waals surface area contributed by atoms with E-state index in [1.165, 1.54) is 0 Å². The molecule has 1 N–H and O–H groups in total. The van der Waals surface area contributed by atoms with Crippen LogP contribution in [0.1, 0.15) is 37.0 Å². The average Bonchev–Trinajstić information content (AvgIpc) is 2.77. The molecule has 2 aromatic carbocycles. The second-order valence-corrected chi connectivity index (χ2v) is 6.04. The lowest BCUT2D eigenvalue weighted by molar-refractivity contribution is -0.118. The molecular formula is C20H19N3O. The van der Waals surface area contributed by atoms with E-state index in [-0.39, 0.29) is 11.8 Å². The Kier molecular flexibility index (Phi) is 4.43. The molecule has 2 atom stereocenters. The summed E-state index contributed by atoms with van der Waals surface area (Å²) in [6.45, 7) is 4.09. The van der Waals surface area contributed by atoms with Crippen LogP contribution in [-0.4, -0.2) is 17.7 Å². The number of nitrogens with zero attached hydrogens (tertiary/aromatic N) is 2. The van der Waals surface area contributed by atoms with E-state index < -0.39 is 6.04 Å². The van der Waals surface area contributed by atoms with Gasteiger partial charge in [-0.2, -0.15) is 5.26 Å². The lowest BCUT2D eigenvalue weighted by Gasteiger charge is -2.17. The zero-order valence-corrected chi connectivity index (χ0v) is 13.8. The van der Waals surface area contributed by atoms with Gasteiger partial charge >= 0.3 is 0 Å². The molecule has 0 saturated heterocycles. The number of carbonyl (C=O) groups is 1. The molecule has 1 unspecified atom stereocenters. The Morgan fingerprint density at radius 1 is 1.25 bits per heavy atom. The first kappa shape index (κ1) is 15.9. The molecule has 0 aliphatic carbocycles. The van der Waals surface area contributed by atoms with Gasteiger partial charge in [-0.15, -0.1) is 0 Å². The van der Waals surface area contributed by atoms with Gasteiger partial charge in [0.05, 0.1) is 23.0 Å². The third kappa shape index (κ3) is 2.93. The van der Waals surface area contributed by atoms with Crippen LogP contribution >= 0.6 is 0 Å². The second-order valence-electron chi connectivity index (χ2n) is 6.04. The lowest BCUT2D eigenvalue weighted by Crippen LogP contribution is -2.31. The first-order chi connectivity index (χ1) is 11.6. The van der Waals surface area contributed by atoms with Crippen LogP contribution < -0.4 is 5.32 Å². The van der Waals surface area contributed by atoms with Crippen LogP contribution in [0.25, 0.3) is 0 Å². The van der Waals surface area contributed by atoms with Gasteiger partial charge in [0.2, 0.25) is 5.91 Å². The number of amides is 1. The van der Waals surface area contributed by atoms with Crippen molar-refractivity contribution in [3.05, 3.63) is 65.2 Å². The normalized spacial score (nSPS) is 17.8. The fourth-order valence-corrected chi connectivity index (χ4v) is 2.83. The van der Waals surface area contributed by atoms with E-state index in [9.17, 15) is 10.1 Å². The molecule has 3 rings (SSSR count). The fourth-order valence-electron chi connectivity index (χ4n) is 2.83. The number of hydrogen-bond acceptors (Lipinski definition) is 3. The highest BCUT2D eigenvalue weighted by Gasteiger charge is 2.29. The van der Waals surface area contributed by atoms with Crippen molar-refractivity contribution in [3.8, 4) is 6.07 Å². The van der Waals surface area contributed by atoms with Crippen molar-refractivity contribution in [2.45, 2.75) is 26.3 Å². The molecule has 0 radical (unpaired) electrons. The molecule has 0 spiro atoms. The minimum absolute atomic E-state index is 0.0961. The Bertz CT molecular complexity index is 834. The van der Waals surface area contributed by atoms with Crippen molar-refractivity contribution in [2.75, 3.05) is 5.32 Å². The van der Waals surface area contributed by atoms with Crippen LogP contribution in [0.2, 0.25) is 0 Å². The molecule has 4 heteroatoms. The van der Waals surface area contributed by atoms with Gasteiger partial charge in [-0.1, -0.05) is 50.6 Å². The Labute approximate surface area is 141 Å². The zero-order valence-electron chi connectivity index (χ0n) is 13.8. The van der Waals surface area contributed by atoms with Crippen LogP contribution in [0.15, 0.2) is 53.5 Å². The standard InChI is InChI=1S/C20H19N3O/c1-3-13(2)18-20(24)22-17-10-9-14(12-21)11-16(17)19(23-18)15-7-5-4-6-8-15/h4-11,13,18H,3H2,1-2H3,(H,22,24)/t13-,18?/m0/s1. The maximum absolute atomic E-state index is 12.6. The first-order valence-electron chi connectivity index (χ1n) is 8.12. The highest BCUT2D eigenvalue weighted by atomic mass is 16.2. The SMILES string of the molecule is CC[C@H](C)C1N=C(c2ccccc2)c2cc(C#N)ccc2NC1=O. The Morgan fingerprint density at radius 3 is 2.67 bits per heavy atom. The van der Waals surface area contributed by atoms with Gasteiger partial charge in [0.15, 0.2) is 0 Å². The van der Waals surface area contributed by atoms with Crippen molar-refractivity contribution in [3.63, 3.8) is 0 Å². The zero-order chi connectivity index (χ0) is 17.1. The largest absolute Gasteiger partial charge is 0.324 e. The van der Waals surface area contributed by atoms with Crippen molar-refractivity contribution < 1.29 is 4.79 Å². The summed E-state index contributed by atoms with van der Waals surface area (Å²) in [5, 5.41) is 12.2. The maximum Gasteiger partial charge on any atom is 0.249 e. The van der Waals surface area contributed by atoms with Crippen LogP contribution in [0.5, 0.6) is 0 Å². The molecule has 1 aliphatic heterocycles. The molecule has 2 aromatic rings. The van der Waals surface area contributed by atoms with E-state index in [0.29, 0.717) is 11.3 Å². The van der Waals surface area contributed by atoms with E-state index in [1.807, 2.05) is 37.3 Å². The quantitative estimate of drug-likeness (QED) is 0.936. The molecule has 0 aromatic heterocycles. The smallest absolute Gasteiger partial charge is 0.249 e. The van der Waals surface area contributed by atoms with E-state index >= 15 is 0 Å². The summed E-state index contributed by atoms with van der Waals surface area (Å²) in [7, 11) is 0. The molecule has 120 valence electrons. The van der Waals surface area contributed by atoms with Gasteiger partial charge in [0.1, 0.15) is 6.04 Å². The molecule has 0 bridgehead atoms. The molecule has 0 fully saturated rings. The van der Waals surface area contributed by atoms with E-state index in [4.69, 9.17) is 4.99 Å². The summed E-state index contributed by atoms with van der Waals surface area (Å²) in [5.41, 5.74) is 3.74. The summed E-state index contributed by atoms with van der Waals surface area (Å²) in [6, 6.07) is 16.8. The highest BCUT2D eigenvalue weighted by molar-refractivity contribution is 6.19. The van der Waals surface area contributed by atoms with Crippen LogP contribution in [-0.2, 0) is 4.79 Å². The van der Waals surface area contributed by atoms with Crippen molar-refractivity contribution >= 4 is 17.3 Å². The predicted octanol–water partition coefficient (Wildman–Crippen LogP) is 3.76. The Hall–Kier alpha value is -2.93. The number of anilines is 1. The van der Waals surface area contributed by atoms with Crippen LogP contribution in [0.3, 0.4) is 0 Å². The highest BCUT2D eigenvalue weighted by Crippen LogP contribution is 2.27. The van der Waals surface area contributed by atoms with E-state index in [0.717, 1.165) is 23.3 Å². The van der Waals surface area contributed by atoms with Crippen LogP contribution in [0, 0.1) is 17.2 Å². The number of benzene rings is 2. The Morgan fingerprint density at radius 2 is 2.00 bits per heavy atom. The minimum Gasteiger partial charge on any atom is -0.324 e. The number of carbonyl (C=O) groups excluding carboxylic acids is 1. The lowest BCUT2D eigenvalue weighted by atomic mass is 9.97. The molecule has 1 heterocycles. The Balaban J connectivity index is 2.23. The number of benzodiazepines with no additional fused rings is 1. The number of nitriles is 1. The van der Waals surface area contributed by atoms with Gasteiger partial charge in [-0.3, -0.25) is 9.79 Å². The third-order valence-electron chi connectivity index (χ3n) is 4.43. The number of rotatable bonds is 3. The summed E-state index contributed by atoms with van der Waals surface area (Å²) >= 11 is 0. The number of aliphatic imine (C=N–C) groups is 1. The van der Waals surface area contributed by atoms with Crippen molar-refractivity contribution in [1.82, 2.24) is 0 Å². The molecule has 0 saturated carbocycles. The average molecular weight is 317 g/mol. The molecule has 24 heavy (non-hydrogen) atoms. The predicted molar refractivity (Wildman–Crippen MR) is 95.1 cm³/mol. The van der Waals surface area contributed by atoms with Gasteiger partial charge in [0.25, 0.3) is 0 Å². The summed E-state index contributed by atoms with van der Waals surface area (Å²) in [6.07, 6.45) is 0.865. The van der Waals surface area contributed by atoms with Gasteiger partial charge in [-0.25, -0.2) is 0 Å². The molecule has 4 nitrogen and oxygen atoms in total. The molecule has 1 amide bonds. The molecule has 1 aliphatic rings. The van der Waals surface area contributed by atoms with Gasteiger partial charge in [-0.05, 0) is 24.1 Å². The van der Waals surface area contributed by atoms with Crippen LogP contribution in [0.4, 0.5) is 5.69 Å². The van der Waals surface area contributed by atoms with E-state index in [2.05, 4.69) is 18.3 Å². The number of nitrogens with one attached hydrogen (secondary N) is 1. The summed E-state index contributed by atoms with van der Waals surface area (Å²) < 4.78 is 0. The second kappa shape index (κ2) is 6.67. The number of fused-ring (bicyclic) bond motifs is 1. The minimum atomic E-state index is -0.442. The van der Waals surface area contributed by atoms with E-state index in [1.54, 1.807) is 18.2 Å². The van der Waals surface area contributed by atoms with Gasteiger partial charge < -0.3 is 5.32 Å².